The van der Waals surface area contributed by atoms with Crippen molar-refractivity contribution < 1.29 is 4.39 Å². The Kier molecular flexibility index (Phi) is 2.55. The van der Waals surface area contributed by atoms with Crippen molar-refractivity contribution in [1.82, 2.24) is 5.32 Å². The number of benzene rings is 1. The largest absolute Gasteiger partial charge is 0.313 e. The molecule has 1 N–H and O–H groups in total. The van der Waals surface area contributed by atoms with E-state index in [-0.39, 0.29) is 0 Å². The smallest absolute Gasteiger partial charge is 0.149 e. The predicted molar refractivity (Wildman–Crippen MR) is 56.1 cm³/mol. The van der Waals surface area contributed by atoms with Gasteiger partial charge in [0.1, 0.15) is 5.67 Å². The highest BCUT2D eigenvalue weighted by molar-refractivity contribution is 5.28. The van der Waals surface area contributed by atoms with Crippen molar-refractivity contribution in [2.75, 3.05) is 13.1 Å². The Morgan fingerprint density at radius 1 is 1.36 bits per heavy atom. The summed E-state index contributed by atoms with van der Waals surface area (Å²) < 4.78 is 14.2. The van der Waals surface area contributed by atoms with Gasteiger partial charge in [-0.1, -0.05) is 31.2 Å². The van der Waals surface area contributed by atoms with Gasteiger partial charge in [-0.2, -0.15) is 0 Å². The van der Waals surface area contributed by atoms with Crippen LogP contribution < -0.4 is 5.32 Å². The first-order valence-corrected chi connectivity index (χ1v) is 5.24. The van der Waals surface area contributed by atoms with Crippen LogP contribution in [0.25, 0.3) is 0 Å². The number of nitrogens with one attached hydrogen (secondary N) is 1. The summed E-state index contributed by atoms with van der Waals surface area (Å²) in [6, 6.07) is 7.89. The molecule has 1 saturated heterocycles. The quantitative estimate of drug-likeness (QED) is 0.760. The summed E-state index contributed by atoms with van der Waals surface area (Å²) in [5.41, 5.74) is 0.953. The van der Waals surface area contributed by atoms with Crippen LogP contribution >= 0.6 is 0 Å². The Hall–Kier alpha value is -0.890. The van der Waals surface area contributed by atoms with E-state index in [2.05, 4.69) is 12.2 Å². The van der Waals surface area contributed by atoms with Gasteiger partial charge in [-0.25, -0.2) is 4.39 Å². The topological polar surface area (TPSA) is 12.0 Å². The summed E-state index contributed by atoms with van der Waals surface area (Å²) in [5, 5.41) is 3.06. The fourth-order valence-electron chi connectivity index (χ4n) is 1.95. The molecule has 1 nitrogen and oxygen atoms in total. The maximum absolute atomic E-state index is 14.2. The zero-order valence-corrected chi connectivity index (χ0v) is 8.52. The van der Waals surface area contributed by atoms with Gasteiger partial charge in [-0.15, -0.1) is 0 Å². The third-order valence-electron chi connectivity index (χ3n) is 2.98. The van der Waals surface area contributed by atoms with Crippen molar-refractivity contribution in [1.29, 1.82) is 0 Å². The number of alkyl halides is 1. The Balaban J connectivity index is 2.23. The van der Waals surface area contributed by atoms with E-state index in [1.54, 1.807) is 0 Å². The summed E-state index contributed by atoms with van der Waals surface area (Å²) in [6.45, 7) is 3.35. The lowest BCUT2D eigenvalue weighted by Gasteiger charge is -2.18. The first kappa shape index (κ1) is 9.66. The van der Waals surface area contributed by atoms with E-state index in [0.717, 1.165) is 18.5 Å². The van der Waals surface area contributed by atoms with Crippen LogP contribution in [0.15, 0.2) is 24.3 Å². The molecule has 0 radical (unpaired) electrons. The SMILES string of the molecule is CCc1ccc([C@@]2(F)CCNC2)cc1. The maximum Gasteiger partial charge on any atom is 0.149 e. The van der Waals surface area contributed by atoms with E-state index < -0.39 is 5.67 Å². The Morgan fingerprint density at radius 2 is 2.07 bits per heavy atom. The van der Waals surface area contributed by atoms with Gasteiger partial charge >= 0.3 is 0 Å². The molecule has 2 heteroatoms. The average molecular weight is 193 g/mol. The zero-order valence-electron chi connectivity index (χ0n) is 8.52. The van der Waals surface area contributed by atoms with Crippen LogP contribution in [0.3, 0.4) is 0 Å². The van der Waals surface area contributed by atoms with Crippen LogP contribution in [0.2, 0.25) is 0 Å². The van der Waals surface area contributed by atoms with Gasteiger partial charge in [-0.05, 0) is 30.5 Å². The first-order chi connectivity index (χ1) is 6.74. The fourth-order valence-corrected chi connectivity index (χ4v) is 1.95. The molecular weight excluding hydrogens is 177 g/mol. The van der Waals surface area contributed by atoms with Gasteiger partial charge < -0.3 is 5.32 Å². The van der Waals surface area contributed by atoms with E-state index in [9.17, 15) is 4.39 Å². The summed E-state index contributed by atoms with van der Waals surface area (Å²) in [7, 11) is 0. The molecule has 0 spiro atoms. The van der Waals surface area contributed by atoms with Gasteiger partial charge in [0, 0.05) is 6.54 Å². The highest BCUT2D eigenvalue weighted by atomic mass is 19.1. The number of hydrogen-bond donors (Lipinski definition) is 1. The molecule has 1 atom stereocenters. The lowest BCUT2D eigenvalue weighted by atomic mass is 9.94. The second-order valence-electron chi connectivity index (χ2n) is 3.94. The molecule has 0 amide bonds. The van der Waals surface area contributed by atoms with E-state index in [1.165, 1.54) is 5.56 Å². The average Bonchev–Trinajstić information content (AvgIpc) is 2.67. The number of rotatable bonds is 2. The third-order valence-corrected chi connectivity index (χ3v) is 2.98. The maximum atomic E-state index is 14.2. The molecule has 0 aromatic heterocycles. The van der Waals surface area contributed by atoms with Gasteiger partial charge in [0.15, 0.2) is 0 Å². The van der Waals surface area contributed by atoms with Crippen molar-refractivity contribution >= 4 is 0 Å². The van der Waals surface area contributed by atoms with E-state index >= 15 is 0 Å². The van der Waals surface area contributed by atoms with Gasteiger partial charge in [0.25, 0.3) is 0 Å². The van der Waals surface area contributed by atoms with Crippen LogP contribution in [0, 0.1) is 0 Å². The monoisotopic (exact) mass is 193 g/mol. The van der Waals surface area contributed by atoms with Crippen LogP contribution in [0.1, 0.15) is 24.5 Å². The molecule has 14 heavy (non-hydrogen) atoms. The highest BCUT2D eigenvalue weighted by Gasteiger charge is 2.35. The molecule has 2 rings (SSSR count). The fraction of sp³-hybridized carbons (Fsp3) is 0.500. The van der Waals surface area contributed by atoms with Crippen molar-refractivity contribution in [2.24, 2.45) is 0 Å². The van der Waals surface area contributed by atoms with Crippen molar-refractivity contribution in [2.45, 2.75) is 25.4 Å². The molecule has 1 aromatic carbocycles. The summed E-state index contributed by atoms with van der Waals surface area (Å²) >= 11 is 0. The minimum absolute atomic E-state index is 0.457. The van der Waals surface area contributed by atoms with E-state index in [1.807, 2.05) is 24.3 Å². The molecule has 1 aliphatic rings. The Labute approximate surface area is 84.3 Å². The van der Waals surface area contributed by atoms with Crippen molar-refractivity contribution in [3.8, 4) is 0 Å². The number of halogens is 1. The molecular formula is C12H16FN. The summed E-state index contributed by atoms with van der Waals surface area (Å²) in [5.74, 6) is 0. The molecule has 0 aliphatic carbocycles. The summed E-state index contributed by atoms with van der Waals surface area (Å²) in [4.78, 5) is 0. The standard InChI is InChI=1S/C12H16FN/c1-2-10-3-5-11(6-4-10)12(13)7-8-14-9-12/h3-6,14H,2,7-9H2,1H3/t12-/m1/s1. The minimum atomic E-state index is -1.13. The minimum Gasteiger partial charge on any atom is -0.313 e. The van der Waals surface area contributed by atoms with Crippen LogP contribution in [-0.2, 0) is 12.1 Å². The number of hydrogen-bond acceptors (Lipinski definition) is 1. The predicted octanol–water partition coefficient (Wildman–Crippen LogP) is 2.41. The molecule has 1 heterocycles. The van der Waals surface area contributed by atoms with Crippen molar-refractivity contribution in [3.63, 3.8) is 0 Å². The first-order valence-electron chi connectivity index (χ1n) is 5.24. The second-order valence-corrected chi connectivity index (χ2v) is 3.94. The van der Waals surface area contributed by atoms with E-state index in [4.69, 9.17) is 0 Å². The number of aryl methyl sites for hydroxylation is 1. The molecule has 0 saturated carbocycles. The van der Waals surface area contributed by atoms with Crippen LogP contribution in [0.5, 0.6) is 0 Å². The second kappa shape index (κ2) is 3.70. The zero-order chi connectivity index (χ0) is 10.0. The van der Waals surface area contributed by atoms with Gasteiger partial charge in [-0.3, -0.25) is 0 Å². The van der Waals surface area contributed by atoms with Crippen LogP contribution in [-0.4, -0.2) is 13.1 Å². The normalized spacial score (nSPS) is 26.7. The lowest BCUT2D eigenvalue weighted by Crippen LogP contribution is -2.23. The van der Waals surface area contributed by atoms with Crippen molar-refractivity contribution in [3.05, 3.63) is 35.4 Å². The molecule has 0 unspecified atom stereocenters. The molecule has 1 fully saturated rings. The van der Waals surface area contributed by atoms with Gasteiger partial charge in [0.05, 0.1) is 0 Å². The molecule has 0 bridgehead atoms. The van der Waals surface area contributed by atoms with Crippen LogP contribution in [0.4, 0.5) is 4.39 Å². The Morgan fingerprint density at radius 3 is 2.57 bits per heavy atom. The third kappa shape index (κ3) is 1.67. The van der Waals surface area contributed by atoms with E-state index in [0.29, 0.717) is 13.0 Å². The highest BCUT2D eigenvalue weighted by Crippen LogP contribution is 2.32. The molecule has 76 valence electrons. The van der Waals surface area contributed by atoms with Gasteiger partial charge in [0.2, 0.25) is 0 Å². The lowest BCUT2D eigenvalue weighted by molar-refractivity contribution is 0.193. The summed E-state index contributed by atoms with van der Waals surface area (Å²) in [6.07, 6.45) is 1.61. The Bertz CT molecular complexity index is 299. The molecule has 1 aromatic rings. The molecule has 1 aliphatic heterocycles.